The van der Waals surface area contributed by atoms with E-state index in [1.807, 2.05) is 25.4 Å². The summed E-state index contributed by atoms with van der Waals surface area (Å²) in [4.78, 5) is 19.7. The van der Waals surface area contributed by atoms with Crippen molar-refractivity contribution in [3.8, 4) is 28.3 Å². The van der Waals surface area contributed by atoms with Gasteiger partial charge in [-0.1, -0.05) is 6.92 Å². The maximum absolute atomic E-state index is 9.92. The van der Waals surface area contributed by atoms with E-state index >= 15 is 0 Å². The van der Waals surface area contributed by atoms with E-state index < -0.39 is 5.60 Å². The SMILES string of the molecule is CCN1CCC(n2cc(-c3c[nH]c4ncc(-c5cnc(OCC(C)(C)O)c(C)c5)nc34)cn2)CC1. The first-order valence-electron chi connectivity index (χ1n) is 12.2. The van der Waals surface area contributed by atoms with Gasteiger partial charge >= 0.3 is 0 Å². The molecule has 1 saturated heterocycles. The molecule has 0 saturated carbocycles. The molecule has 0 unspecified atom stereocenters. The van der Waals surface area contributed by atoms with E-state index in [9.17, 15) is 5.11 Å². The zero-order chi connectivity index (χ0) is 24.6. The minimum Gasteiger partial charge on any atom is -0.474 e. The number of piperidine rings is 1. The van der Waals surface area contributed by atoms with E-state index in [0.29, 0.717) is 11.9 Å². The number of rotatable bonds is 7. The number of nitrogens with zero attached hydrogens (tertiary/aromatic N) is 6. The summed E-state index contributed by atoms with van der Waals surface area (Å²) in [5, 5.41) is 14.6. The van der Waals surface area contributed by atoms with Gasteiger partial charge in [0, 0.05) is 53.9 Å². The lowest BCUT2D eigenvalue weighted by molar-refractivity contribution is 0.0266. The summed E-state index contributed by atoms with van der Waals surface area (Å²) in [7, 11) is 0. The first-order chi connectivity index (χ1) is 16.8. The third-order valence-corrected chi connectivity index (χ3v) is 6.56. The molecule has 0 radical (unpaired) electrons. The second kappa shape index (κ2) is 9.39. The lowest BCUT2D eigenvalue weighted by atomic mass is 10.1. The van der Waals surface area contributed by atoms with E-state index in [0.717, 1.165) is 71.6 Å². The Balaban J connectivity index is 1.39. The van der Waals surface area contributed by atoms with Crippen LogP contribution in [-0.4, -0.2) is 71.6 Å². The maximum atomic E-state index is 9.92. The molecule has 4 aromatic rings. The predicted octanol–water partition coefficient (Wildman–Crippen LogP) is 4.00. The molecule has 0 spiro atoms. The van der Waals surface area contributed by atoms with Gasteiger partial charge in [-0.15, -0.1) is 0 Å². The standard InChI is InChI=1S/C26H33N7O2/c1-5-32-8-6-20(7-9-32)33-15-19(12-30-33)21-13-27-24-23(21)31-22(14-28-24)18-10-17(2)25(29-11-18)35-16-26(3,4)34/h10-15,20,34H,5-9,16H2,1-4H3,(H,27,28). The molecule has 5 heterocycles. The third-order valence-electron chi connectivity index (χ3n) is 6.56. The molecule has 1 aliphatic rings. The number of hydrogen-bond donors (Lipinski definition) is 2. The number of ether oxygens (including phenoxy) is 1. The summed E-state index contributed by atoms with van der Waals surface area (Å²) >= 11 is 0. The van der Waals surface area contributed by atoms with Gasteiger partial charge in [0.1, 0.15) is 12.1 Å². The van der Waals surface area contributed by atoms with Crippen LogP contribution in [0.25, 0.3) is 33.5 Å². The molecular weight excluding hydrogens is 442 g/mol. The van der Waals surface area contributed by atoms with Crippen molar-refractivity contribution in [1.29, 1.82) is 0 Å². The van der Waals surface area contributed by atoms with Gasteiger partial charge in [0.05, 0.1) is 29.7 Å². The van der Waals surface area contributed by atoms with E-state index in [-0.39, 0.29) is 6.61 Å². The quantitative estimate of drug-likeness (QED) is 0.416. The number of nitrogens with one attached hydrogen (secondary N) is 1. The maximum Gasteiger partial charge on any atom is 0.216 e. The Bertz CT molecular complexity index is 1310. The van der Waals surface area contributed by atoms with Gasteiger partial charge in [0.25, 0.3) is 0 Å². The van der Waals surface area contributed by atoms with Crippen LogP contribution in [0.3, 0.4) is 0 Å². The molecule has 9 nitrogen and oxygen atoms in total. The van der Waals surface area contributed by atoms with Crippen LogP contribution in [-0.2, 0) is 0 Å². The summed E-state index contributed by atoms with van der Waals surface area (Å²) in [6.07, 6.45) is 11.7. The van der Waals surface area contributed by atoms with Crippen molar-refractivity contribution in [2.24, 2.45) is 0 Å². The number of fused-ring (bicyclic) bond motifs is 1. The van der Waals surface area contributed by atoms with Gasteiger partial charge in [-0.2, -0.15) is 5.10 Å². The molecule has 9 heteroatoms. The molecule has 5 rings (SSSR count). The minimum atomic E-state index is -0.922. The Morgan fingerprint density at radius 1 is 1.14 bits per heavy atom. The average Bonchev–Trinajstić information content (AvgIpc) is 3.49. The smallest absolute Gasteiger partial charge is 0.216 e. The fourth-order valence-electron chi connectivity index (χ4n) is 4.53. The van der Waals surface area contributed by atoms with E-state index in [1.54, 1.807) is 26.2 Å². The number of aryl methyl sites for hydroxylation is 1. The van der Waals surface area contributed by atoms with Crippen LogP contribution in [0, 0.1) is 6.92 Å². The number of aromatic amines is 1. The molecule has 0 amide bonds. The number of H-pyrrole nitrogens is 1. The van der Waals surface area contributed by atoms with Crippen molar-refractivity contribution in [2.75, 3.05) is 26.2 Å². The number of aliphatic hydroxyl groups is 1. The van der Waals surface area contributed by atoms with Crippen LogP contribution < -0.4 is 4.74 Å². The van der Waals surface area contributed by atoms with Crippen molar-refractivity contribution in [3.05, 3.63) is 42.6 Å². The van der Waals surface area contributed by atoms with E-state index in [1.165, 1.54) is 0 Å². The second-order valence-corrected chi connectivity index (χ2v) is 9.98. The molecule has 4 aromatic heterocycles. The Morgan fingerprint density at radius 3 is 2.66 bits per heavy atom. The summed E-state index contributed by atoms with van der Waals surface area (Å²) in [6, 6.07) is 2.42. The lowest BCUT2D eigenvalue weighted by Crippen LogP contribution is -2.34. The second-order valence-electron chi connectivity index (χ2n) is 9.98. The Morgan fingerprint density at radius 2 is 1.94 bits per heavy atom. The van der Waals surface area contributed by atoms with Crippen molar-refractivity contribution in [3.63, 3.8) is 0 Å². The Kier molecular flexibility index (Phi) is 6.29. The van der Waals surface area contributed by atoms with E-state index in [4.69, 9.17) is 9.72 Å². The van der Waals surface area contributed by atoms with Gasteiger partial charge < -0.3 is 19.7 Å². The van der Waals surface area contributed by atoms with Gasteiger partial charge in [0.2, 0.25) is 5.88 Å². The van der Waals surface area contributed by atoms with Crippen molar-refractivity contribution in [1.82, 2.24) is 34.6 Å². The van der Waals surface area contributed by atoms with Crippen LogP contribution >= 0.6 is 0 Å². The van der Waals surface area contributed by atoms with Crippen LogP contribution in [0.15, 0.2) is 37.1 Å². The van der Waals surface area contributed by atoms with Gasteiger partial charge in [-0.3, -0.25) is 4.68 Å². The molecular formula is C26H33N7O2. The van der Waals surface area contributed by atoms with Crippen molar-refractivity contribution in [2.45, 2.75) is 52.2 Å². The third kappa shape index (κ3) is 5.06. The van der Waals surface area contributed by atoms with Crippen LogP contribution in [0.4, 0.5) is 0 Å². The molecule has 184 valence electrons. The normalized spacial score (nSPS) is 15.7. The highest BCUT2D eigenvalue weighted by atomic mass is 16.5. The number of pyridine rings is 1. The topological polar surface area (TPSA) is 105 Å². The molecule has 35 heavy (non-hydrogen) atoms. The summed E-state index contributed by atoms with van der Waals surface area (Å²) in [5.41, 5.74) is 5.12. The van der Waals surface area contributed by atoms with Crippen molar-refractivity contribution >= 4 is 11.2 Å². The summed E-state index contributed by atoms with van der Waals surface area (Å²) < 4.78 is 7.79. The Labute approximate surface area is 205 Å². The molecule has 0 aromatic carbocycles. The first kappa shape index (κ1) is 23.4. The fraction of sp³-hybridized carbons (Fsp3) is 0.462. The van der Waals surface area contributed by atoms with Crippen LogP contribution in [0.2, 0.25) is 0 Å². The largest absolute Gasteiger partial charge is 0.474 e. The minimum absolute atomic E-state index is 0.171. The van der Waals surface area contributed by atoms with E-state index in [2.05, 4.69) is 42.8 Å². The molecule has 0 atom stereocenters. The highest BCUT2D eigenvalue weighted by Gasteiger charge is 2.21. The molecule has 2 N–H and O–H groups in total. The summed E-state index contributed by atoms with van der Waals surface area (Å²) in [6.45, 7) is 11.1. The number of likely N-dealkylation sites (tertiary alicyclic amines) is 1. The number of aromatic nitrogens is 6. The predicted molar refractivity (Wildman–Crippen MR) is 135 cm³/mol. The molecule has 0 aliphatic carbocycles. The monoisotopic (exact) mass is 475 g/mol. The number of hydrogen-bond acceptors (Lipinski definition) is 7. The zero-order valence-electron chi connectivity index (χ0n) is 20.8. The average molecular weight is 476 g/mol. The molecule has 0 bridgehead atoms. The molecule has 1 fully saturated rings. The fourth-order valence-corrected chi connectivity index (χ4v) is 4.53. The highest BCUT2D eigenvalue weighted by molar-refractivity contribution is 5.91. The van der Waals surface area contributed by atoms with Gasteiger partial charge in [0.15, 0.2) is 5.65 Å². The zero-order valence-corrected chi connectivity index (χ0v) is 20.8. The Hall–Kier alpha value is -3.30. The van der Waals surface area contributed by atoms with Crippen LogP contribution in [0.1, 0.15) is 45.2 Å². The highest BCUT2D eigenvalue weighted by Crippen LogP contribution is 2.31. The van der Waals surface area contributed by atoms with Crippen LogP contribution in [0.5, 0.6) is 5.88 Å². The van der Waals surface area contributed by atoms with Gasteiger partial charge in [-0.25, -0.2) is 15.0 Å². The molecule has 1 aliphatic heterocycles. The first-order valence-corrected chi connectivity index (χ1v) is 12.2. The summed E-state index contributed by atoms with van der Waals surface area (Å²) in [5.74, 6) is 0.504. The van der Waals surface area contributed by atoms with Crippen molar-refractivity contribution < 1.29 is 9.84 Å². The van der Waals surface area contributed by atoms with Gasteiger partial charge in [-0.05, 0) is 46.2 Å². The lowest BCUT2D eigenvalue weighted by Gasteiger charge is -2.31.